The Morgan fingerprint density at radius 2 is 2.00 bits per heavy atom. The first-order chi connectivity index (χ1) is 3.93. The van der Waals surface area contributed by atoms with E-state index >= 15 is 0 Å². The highest BCUT2D eigenvalue weighted by atomic mass is 17.1. The topological polar surface area (TPSA) is 41.5 Å². The maximum atomic E-state index is 8.16. The lowest BCUT2D eigenvalue weighted by Crippen LogP contribution is -2.31. The van der Waals surface area contributed by atoms with E-state index in [-0.39, 0.29) is 6.10 Å². The molecular weight excluding hydrogens is 106 g/mol. The molecule has 0 aliphatic carbocycles. The summed E-state index contributed by atoms with van der Waals surface area (Å²) >= 11 is 0. The molecule has 1 aliphatic heterocycles. The van der Waals surface area contributed by atoms with Gasteiger partial charge in [0, 0.05) is 0 Å². The Bertz CT molecular complexity index is 61.4. The molecule has 0 amide bonds. The van der Waals surface area contributed by atoms with Gasteiger partial charge in [-0.05, 0) is 25.9 Å². The molecule has 0 aromatic carbocycles. The summed E-state index contributed by atoms with van der Waals surface area (Å²) in [6.45, 7) is 1.93. The largest absolute Gasteiger partial charge is 0.317 e. The Morgan fingerprint density at radius 3 is 2.38 bits per heavy atom. The molecule has 2 N–H and O–H groups in total. The molecule has 0 saturated carbocycles. The van der Waals surface area contributed by atoms with Crippen LogP contribution in [0, 0.1) is 0 Å². The summed E-state index contributed by atoms with van der Waals surface area (Å²) in [7, 11) is 0. The Balaban J connectivity index is 2.13. The summed E-state index contributed by atoms with van der Waals surface area (Å²) < 4.78 is 0. The summed E-state index contributed by atoms with van der Waals surface area (Å²) in [5, 5.41) is 11.3. The molecule has 8 heavy (non-hydrogen) atoms. The molecule has 0 bridgehead atoms. The third-order valence-electron chi connectivity index (χ3n) is 1.44. The van der Waals surface area contributed by atoms with E-state index in [0.29, 0.717) is 0 Å². The van der Waals surface area contributed by atoms with E-state index in [1.165, 1.54) is 0 Å². The van der Waals surface area contributed by atoms with Crippen LogP contribution in [0.2, 0.25) is 0 Å². The van der Waals surface area contributed by atoms with Gasteiger partial charge in [-0.2, -0.15) is 0 Å². The summed E-state index contributed by atoms with van der Waals surface area (Å²) in [5.41, 5.74) is 0. The molecule has 48 valence electrons. The highest BCUT2D eigenvalue weighted by Gasteiger charge is 2.11. The monoisotopic (exact) mass is 117 g/mol. The maximum Gasteiger partial charge on any atom is 0.0951 e. The summed E-state index contributed by atoms with van der Waals surface area (Å²) in [5.74, 6) is 0. The first kappa shape index (κ1) is 6.01. The average molecular weight is 117 g/mol. The van der Waals surface area contributed by atoms with E-state index in [9.17, 15) is 0 Å². The first-order valence-electron chi connectivity index (χ1n) is 2.94. The van der Waals surface area contributed by atoms with Crippen LogP contribution >= 0.6 is 0 Å². The van der Waals surface area contributed by atoms with Crippen LogP contribution in [0.5, 0.6) is 0 Å². The lowest BCUT2D eigenvalue weighted by Gasteiger charge is -2.18. The zero-order valence-electron chi connectivity index (χ0n) is 4.76. The van der Waals surface area contributed by atoms with Gasteiger partial charge in [-0.15, -0.1) is 0 Å². The number of rotatable bonds is 1. The van der Waals surface area contributed by atoms with E-state index in [0.717, 1.165) is 25.9 Å². The minimum absolute atomic E-state index is 0.0799. The van der Waals surface area contributed by atoms with Gasteiger partial charge in [0.05, 0.1) is 6.10 Å². The first-order valence-corrected chi connectivity index (χ1v) is 2.94. The van der Waals surface area contributed by atoms with E-state index in [2.05, 4.69) is 10.2 Å². The zero-order chi connectivity index (χ0) is 5.82. The predicted octanol–water partition coefficient (Wildman–Crippen LogP) is 0.228. The molecule has 3 nitrogen and oxygen atoms in total. The van der Waals surface area contributed by atoms with Crippen LogP contribution in [0.15, 0.2) is 0 Å². The molecule has 1 heterocycles. The van der Waals surface area contributed by atoms with Crippen molar-refractivity contribution in [1.82, 2.24) is 5.32 Å². The molecule has 0 aromatic heterocycles. The van der Waals surface area contributed by atoms with Crippen LogP contribution in [0.3, 0.4) is 0 Å². The third kappa shape index (κ3) is 1.43. The van der Waals surface area contributed by atoms with Gasteiger partial charge >= 0.3 is 0 Å². The van der Waals surface area contributed by atoms with Crippen molar-refractivity contribution in [1.29, 1.82) is 0 Å². The third-order valence-corrected chi connectivity index (χ3v) is 1.44. The summed E-state index contributed by atoms with van der Waals surface area (Å²) in [4.78, 5) is 4.15. The molecular formula is C5H11NO2. The fourth-order valence-electron chi connectivity index (χ4n) is 0.901. The van der Waals surface area contributed by atoms with E-state index in [1.54, 1.807) is 0 Å². The van der Waals surface area contributed by atoms with E-state index < -0.39 is 0 Å². The van der Waals surface area contributed by atoms with Gasteiger partial charge in [0.15, 0.2) is 0 Å². The molecule has 1 fully saturated rings. The van der Waals surface area contributed by atoms with Crippen LogP contribution in [0.1, 0.15) is 12.8 Å². The average Bonchev–Trinajstić information content (AvgIpc) is 1.90. The molecule has 0 unspecified atom stereocenters. The van der Waals surface area contributed by atoms with Crippen LogP contribution < -0.4 is 5.32 Å². The highest BCUT2D eigenvalue weighted by Crippen LogP contribution is 2.03. The van der Waals surface area contributed by atoms with Gasteiger partial charge in [-0.3, -0.25) is 5.26 Å². The minimum Gasteiger partial charge on any atom is -0.317 e. The van der Waals surface area contributed by atoms with Crippen molar-refractivity contribution in [3.8, 4) is 0 Å². The SMILES string of the molecule is OOC1CCNCC1. The van der Waals surface area contributed by atoms with Crippen molar-refractivity contribution >= 4 is 0 Å². The number of hydrogen-bond acceptors (Lipinski definition) is 3. The lowest BCUT2D eigenvalue weighted by atomic mass is 10.1. The number of piperidine rings is 1. The van der Waals surface area contributed by atoms with Crippen molar-refractivity contribution in [2.24, 2.45) is 0 Å². The Morgan fingerprint density at radius 1 is 1.38 bits per heavy atom. The van der Waals surface area contributed by atoms with E-state index in [4.69, 9.17) is 5.26 Å². The number of nitrogens with one attached hydrogen (secondary N) is 1. The molecule has 1 rings (SSSR count). The van der Waals surface area contributed by atoms with Crippen molar-refractivity contribution < 1.29 is 10.1 Å². The fraction of sp³-hybridized carbons (Fsp3) is 1.00. The second-order valence-corrected chi connectivity index (χ2v) is 2.05. The van der Waals surface area contributed by atoms with Crippen molar-refractivity contribution in [2.75, 3.05) is 13.1 Å². The van der Waals surface area contributed by atoms with Gasteiger partial charge < -0.3 is 5.32 Å². The molecule has 0 aromatic rings. The molecule has 1 aliphatic rings. The quantitative estimate of drug-likeness (QED) is 0.381. The van der Waals surface area contributed by atoms with Gasteiger partial charge in [-0.1, -0.05) is 0 Å². The zero-order valence-corrected chi connectivity index (χ0v) is 4.76. The summed E-state index contributed by atoms with van der Waals surface area (Å²) in [6.07, 6.45) is 1.93. The normalized spacial score (nSPS) is 23.6. The van der Waals surface area contributed by atoms with Crippen LogP contribution in [0.4, 0.5) is 0 Å². The fourth-order valence-corrected chi connectivity index (χ4v) is 0.901. The Labute approximate surface area is 48.6 Å². The van der Waals surface area contributed by atoms with Crippen LogP contribution in [-0.2, 0) is 4.89 Å². The van der Waals surface area contributed by atoms with Gasteiger partial charge in [-0.25, -0.2) is 4.89 Å². The maximum absolute atomic E-state index is 8.16. The summed E-state index contributed by atoms with van der Waals surface area (Å²) in [6, 6.07) is 0. The minimum atomic E-state index is 0.0799. The van der Waals surface area contributed by atoms with Crippen LogP contribution in [-0.4, -0.2) is 24.5 Å². The highest BCUT2D eigenvalue weighted by molar-refractivity contribution is 4.66. The Hall–Kier alpha value is -0.120. The molecule has 3 heteroatoms. The smallest absolute Gasteiger partial charge is 0.0951 e. The van der Waals surface area contributed by atoms with E-state index in [1.807, 2.05) is 0 Å². The Kier molecular flexibility index (Phi) is 2.27. The van der Waals surface area contributed by atoms with Gasteiger partial charge in [0.1, 0.15) is 0 Å². The lowest BCUT2D eigenvalue weighted by molar-refractivity contribution is -0.282. The van der Waals surface area contributed by atoms with Gasteiger partial charge in [0.2, 0.25) is 0 Å². The molecule has 0 spiro atoms. The van der Waals surface area contributed by atoms with Crippen molar-refractivity contribution in [2.45, 2.75) is 18.9 Å². The standard InChI is InChI=1S/C5H11NO2/c7-8-5-1-3-6-4-2-5/h5-7H,1-4H2. The van der Waals surface area contributed by atoms with Crippen molar-refractivity contribution in [3.05, 3.63) is 0 Å². The molecule has 0 atom stereocenters. The molecule has 1 saturated heterocycles. The van der Waals surface area contributed by atoms with Gasteiger partial charge in [0.25, 0.3) is 0 Å². The number of hydrogen-bond donors (Lipinski definition) is 2. The second-order valence-electron chi connectivity index (χ2n) is 2.05. The van der Waals surface area contributed by atoms with Crippen LogP contribution in [0.25, 0.3) is 0 Å². The second kappa shape index (κ2) is 3.02. The molecule has 0 radical (unpaired) electrons. The predicted molar refractivity (Wildman–Crippen MR) is 29.6 cm³/mol. The van der Waals surface area contributed by atoms with Crippen molar-refractivity contribution in [3.63, 3.8) is 0 Å².